The normalized spacial score (nSPS) is 7.40. The van der Waals surface area contributed by atoms with Crippen molar-refractivity contribution in [2.75, 3.05) is 0 Å². The van der Waals surface area contributed by atoms with Gasteiger partial charge in [-0.1, -0.05) is 0 Å². The van der Waals surface area contributed by atoms with Crippen LogP contribution in [-0.2, 0) is 9.59 Å². The van der Waals surface area contributed by atoms with Crippen LogP contribution in [0.2, 0.25) is 11.4 Å². The summed E-state index contributed by atoms with van der Waals surface area (Å²) in [5, 5.41) is 0. The predicted octanol–water partition coefficient (Wildman–Crippen LogP) is 1.07. The van der Waals surface area contributed by atoms with Gasteiger partial charge in [0, 0.05) is 12.8 Å². The second-order valence-electron chi connectivity index (χ2n) is 1.76. The molecule has 0 aliphatic carbocycles. The maximum absolute atomic E-state index is 9.56. The van der Waals surface area contributed by atoms with Crippen molar-refractivity contribution < 1.29 is 9.59 Å². The largest absolute Gasteiger partial charge is 0.303 e. The van der Waals surface area contributed by atoms with Gasteiger partial charge in [-0.05, 0) is 6.42 Å². The van der Waals surface area contributed by atoms with Crippen molar-refractivity contribution in [3.63, 3.8) is 0 Å². The van der Waals surface area contributed by atoms with Gasteiger partial charge in [-0.2, -0.15) is 0 Å². The average molecular weight is 206 g/mol. The Morgan fingerprint density at radius 3 is 1.60 bits per heavy atom. The van der Waals surface area contributed by atoms with Crippen molar-refractivity contribution in [1.29, 1.82) is 0 Å². The zero-order chi connectivity index (χ0) is 8.24. The summed E-state index contributed by atoms with van der Waals surface area (Å²) in [6.45, 7) is 0. The van der Waals surface area contributed by atoms with Crippen LogP contribution in [0.5, 0.6) is 0 Å². The van der Waals surface area contributed by atoms with Crippen LogP contribution < -0.4 is 0 Å². The minimum Gasteiger partial charge on any atom is -0.303 e. The number of hydrogen-bond donors (Lipinski definition) is 0. The van der Waals surface area contributed by atoms with Gasteiger partial charge in [-0.15, -0.1) is 0 Å². The van der Waals surface area contributed by atoms with Crippen LogP contribution in [-0.4, -0.2) is 28.3 Å². The molecule has 2 nitrogen and oxygen atoms in total. The molecule has 0 heterocycles. The Bertz CT molecular complexity index is 66.0. The van der Waals surface area contributed by atoms with Gasteiger partial charge < -0.3 is 9.59 Å². The van der Waals surface area contributed by atoms with E-state index >= 15 is 0 Å². The van der Waals surface area contributed by atoms with Crippen LogP contribution in [0, 0.1) is 0 Å². The van der Waals surface area contributed by atoms with Crippen LogP contribution in [0.1, 0.15) is 19.3 Å². The molecule has 0 bridgehead atoms. The Kier molecular flexibility index (Phi) is 20.0. The van der Waals surface area contributed by atoms with Crippen LogP contribution in [0.15, 0.2) is 0 Å². The monoisotopic (exact) mass is 206 g/mol. The summed E-state index contributed by atoms with van der Waals surface area (Å²) in [4.78, 5) is 19.1. The zero-order valence-electron chi connectivity index (χ0n) is 6.59. The van der Waals surface area contributed by atoms with E-state index in [1.54, 1.807) is 0 Å². The Morgan fingerprint density at radius 1 is 1.10 bits per heavy atom. The summed E-state index contributed by atoms with van der Waals surface area (Å²) >= 11 is 0.500. The summed E-state index contributed by atoms with van der Waals surface area (Å²) in [7, 11) is 0. The van der Waals surface area contributed by atoms with E-state index in [4.69, 9.17) is 0 Å². The molecule has 0 amide bonds. The van der Waals surface area contributed by atoms with Crippen molar-refractivity contribution in [2.24, 2.45) is 0 Å². The first-order chi connectivity index (χ1) is 4.83. The van der Waals surface area contributed by atoms with Crippen molar-refractivity contribution in [2.45, 2.75) is 30.7 Å². The summed E-state index contributed by atoms with van der Waals surface area (Å²) in [6.07, 6.45) is 3.37. The first-order valence-electron chi connectivity index (χ1n) is 3.29. The minimum atomic E-state index is 0.500. The fraction of sp³-hybridized carbons (Fsp3) is 0.714. The van der Waals surface area contributed by atoms with Crippen LogP contribution >= 0.6 is 0 Å². The summed E-state index contributed by atoms with van der Waals surface area (Å²) in [5.74, 6) is 0. The second kappa shape index (κ2) is 16.0. The fourth-order valence-corrected chi connectivity index (χ4v) is 0.285. The quantitative estimate of drug-likeness (QED) is 0.391. The molecule has 0 fully saturated rings. The first-order valence-corrected chi connectivity index (χ1v) is 7.48. The van der Waals surface area contributed by atoms with Crippen molar-refractivity contribution in [3.05, 3.63) is 0 Å². The van der Waals surface area contributed by atoms with Crippen LogP contribution in [0.3, 0.4) is 0 Å². The van der Waals surface area contributed by atoms with E-state index in [1.165, 1.54) is 0 Å². The molecule has 0 radical (unpaired) electrons. The number of aldehydes is 2. The molecule has 0 atom stereocenters. The summed E-state index contributed by atoms with van der Waals surface area (Å²) in [5.41, 5.74) is 4.50. The molecule has 0 aromatic rings. The smallest absolute Gasteiger partial charge is 0.120 e. The van der Waals surface area contributed by atoms with E-state index in [1.807, 2.05) is 0 Å². The molecule has 0 saturated carbocycles. The van der Waals surface area contributed by atoms with Gasteiger partial charge in [0.25, 0.3) is 0 Å². The third-order valence-corrected chi connectivity index (χ3v) is 0.644. The van der Waals surface area contributed by atoms with Crippen molar-refractivity contribution >= 4 is 28.3 Å². The molecule has 3 heteroatoms. The molecule has 10 heavy (non-hydrogen) atoms. The standard InChI is InChI=1S/C5H8O2.C2H7As/c6-4-2-1-3-5-7;1-3-2/h4-5H,1-3H2;3H,1-2H3. The molecule has 0 saturated heterocycles. The molecule has 0 aromatic carbocycles. The van der Waals surface area contributed by atoms with E-state index in [0.29, 0.717) is 35.0 Å². The van der Waals surface area contributed by atoms with Crippen LogP contribution in [0.25, 0.3) is 0 Å². The minimum absolute atomic E-state index is 0.500. The van der Waals surface area contributed by atoms with E-state index in [2.05, 4.69) is 11.4 Å². The van der Waals surface area contributed by atoms with Gasteiger partial charge in [-0.25, -0.2) is 0 Å². The molecule has 0 spiro atoms. The number of carbonyl (C=O) groups excluding carboxylic acids is 2. The molecular weight excluding hydrogens is 191 g/mol. The van der Waals surface area contributed by atoms with Gasteiger partial charge in [0.05, 0.1) is 0 Å². The predicted molar refractivity (Wildman–Crippen MR) is 44.9 cm³/mol. The van der Waals surface area contributed by atoms with Gasteiger partial charge in [-0.3, -0.25) is 0 Å². The third-order valence-electron chi connectivity index (χ3n) is 0.644. The Balaban J connectivity index is 0. The van der Waals surface area contributed by atoms with Gasteiger partial charge in [0.2, 0.25) is 0 Å². The average Bonchev–Trinajstić information content (AvgIpc) is 1.91. The number of hydrogen-bond acceptors (Lipinski definition) is 2. The summed E-state index contributed by atoms with van der Waals surface area (Å²) < 4.78 is 0. The molecule has 60 valence electrons. The molecule has 0 unspecified atom stereocenters. The van der Waals surface area contributed by atoms with E-state index in [9.17, 15) is 9.59 Å². The molecule has 0 N–H and O–H groups in total. The van der Waals surface area contributed by atoms with E-state index in [0.717, 1.165) is 12.6 Å². The molecule has 0 rings (SSSR count). The molecule has 0 aliphatic rings. The van der Waals surface area contributed by atoms with Crippen molar-refractivity contribution in [3.8, 4) is 0 Å². The Morgan fingerprint density at radius 2 is 1.40 bits per heavy atom. The summed E-state index contributed by atoms with van der Waals surface area (Å²) in [6, 6.07) is 0. The van der Waals surface area contributed by atoms with Gasteiger partial charge >= 0.3 is 27.2 Å². The maximum atomic E-state index is 9.56. The number of carbonyl (C=O) groups is 2. The first kappa shape index (κ1) is 12.6. The van der Waals surface area contributed by atoms with Gasteiger partial charge in [0.1, 0.15) is 12.6 Å². The SMILES string of the molecule is C[AsH]C.O=CCCCC=O. The topological polar surface area (TPSA) is 34.1 Å². The van der Waals surface area contributed by atoms with Gasteiger partial charge in [0.15, 0.2) is 0 Å². The fourth-order valence-electron chi connectivity index (χ4n) is 0.285. The molecule has 0 aromatic heterocycles. The van der Waals surface area contributed by atoms with E-state index < -0.39 is 0 Å². The van der Waals surface area contributed by atoms with Crippen molar-refractivity contribution in [1.82, 2.24) is 0 Å². The Labute approximate surface area is 69.1 Å². The van der Waals surface area contributed by atoms with Crippen LogP contribution in [0.4, 0.5) is 0 Å². The third kappa shape index (κ3) is 24.7. The second-order valence-corrected chi connectivity index (χ2v) is 3.86. The number of unbranched alkanes of at least 4 members (excludes halogenated alkanes) is 2. The molecular formula is C7H15AsO2. The number of rotatable bonds is 4. The Hall–Kier alpha value is -0.102. The zero-order valence-corrected chi connectivity index (χ0v) is 8.69. The van der Waals surface area contributed by atoms with E-state index in [-0.39, 0.29) is 0 Å². The maximum Gasteiger partial charge on any atom is 0.120 e. The molecule has 0 aliphatic heterocycles.